The van der Waals surface area contributed by atoms with Crippen molar-refractivity contribution in [1.82, 2.24) is 0 Å². The van der Waals surface area contributed by atoms with Gasteiger partial charge in [-0.05, 0) is 61.4 Å². The molecule has 2 N–H and O–H groups in total. The number of benzene rings is 3. The van der Waals surface area contributed by atoms with Crippen LogP contribution in [-0.2, 0) is 4.79 Å². The molecule has 1 aliphatic heterocycles. The van der Waals surface area contributed by atoms with Gasteiger partial charge >= 0.3 is 0 Å². The fraction of sp³-hybridized carbons (Fsp3) is 0.222. The molecule has 6 nitrogen and oxygen atoms in total. The zero-order chi connectivity index (χ0) is 24.2. The Bertz CT molecular complexity index is 1150. The van der Waals surface area contributed by atoms with E-state index in [4.69, 9.17) is 24.1 Å². The number of methoxy groups -OCH3 is 2. The summed E-state index contributed by atoms with van der Waals surface area (Å²) in [5.74, 6) is 1.62. The summed E-state index contributed by atoms with van der Waals surface area (Å²) >= 11 is 0. The highest BCUT2D eigenvalue weighted by atomic mass is 16.5. The fourth-order valence-corrected chi connectivity index (χ4v) is 3.87. The lowest BCUT2D eigenvalue weighted by molar-refractivity contribution is -0.134. The summed E-state index contributed by atoms with van der Waals surface area (Å²) in [6.45, 7) is 5.17. The summed E-state index contributed by atoms with van der Waals surface area (Å²) < 4.78 is 17.0. The van der Waals surface area contributed by atoms with Crippen molar-refractivity contribution in [2.45, 2.75) is 26.4 Å². The third kappa shape index (κ3) is 5.29. The molecule has 172 valence electrons. The Morgan fingerprint density at radius 2 is 1.33 bits per heavy atom. The average molecular weight is 449 g/mol. The van der Waals surface area contributed by atoms with Crippen molar-refractivity contribution in [1.29, 1.82) is 0 Å². The van der Waals surface area contributed by atoms with E-state index >= 15 is 0 Å². The highest BCUT2D eigenvalue weighted by Crippen LogP contribution is 2.49. The van der Waals surface area contributed by atoms with Crippen molar-refractivity contribution in [3.8, 4) is 23.0 Å². The molecule has 0 aromatic heterocycles. The van der Waals surface area contributed by atoms with Gasteiger partial charge in [-0.25, -0.2) is 0 Å². The summed E-state index contributed by atoms with van der Waals surface area (Å²) in [7, 11) is 3.32. The van der Waals surface area contributed by atoms with Gasteiger partial charge in [-0.15, -0.1) is 0 Å². The Kier molecular flexibility index (Phi) is 6.97. The van der Waals surface area contributed by atoms with Gasteiger partial charge in [0.2, 0.25) is 0 Å². The first-order valence-corrected chi connectivity index (χ1v) is 10.4. The monoisotopic (exact) mass is 448 g/mol. The second kappa shape index (κ2) is 9.69. The number of phenolic OH excluding ortho intramolecular Hbond substituents is 1. The lowest BCUT2D eigenvalue weighted by Gasteiger charge is -2.37. The number of carbonyl (C=O) groups is 1. The number of phenols is 1. The van der Waals surface area contributed by atoms with E-state index in [-0.39, 0.29) is 5.75 Å². The van der Waals surface area contributed by atoms with Gasteiger partial charge in [-0.2, -0.15) is 0 Å². The van der Waals surface area contributed by atoms with Crippen LogP contribution in [0.4, 0.5) is 0 Å². The standard InChI is InChI=1S/C25H24O4.C2H4O2/c1-25(2)24(17-7-12-20(28-4)13-8-17)23(16-5-10-19(27-3)11-6-16)21-14-9-18(26)15-22(21)29-25;1-2(3)4/h5-15,26H,1-4H3;1H3,(H,3,4). The van der Waals surface area contributed by atoms with E-state index in [0.29, 0.717) is 5.75 Å². The van der Waals surface area contributed by atoms with Crippen LogP contribution in [-0.4, -0.2) is 36.0 Å². The van der Waals surface area contributed by atoms with Crippen LogP contribution in [0.3, 0.4) is 0 Å². The van der Waals surface area contributed by atoms with Crippen molar-refractivity contribution in [3.63, 3.8) is 0 Å². The number of aromatic hydroxyl groups is 1. The van der Waals surface area contributed by atoms with Gasteiger partial charge in [0.25, 0.3) is 5.97 Å². The summed E-state index contributed by atoms with van der Waals surface area (Å²) in [6.07, 6.45) is 0. The number of aliphatic carboxylic acids is 1. The molecule has 0 atom stereocenters. The third-order valence-corrected chi connectivity index (χ3v) is 5.21. The minimum atomic E-state index is -0.833. The maximum absolute atomic E-state index is 10.00. The number of hydrogen-bond donors (Lipinski definition) is 2. The average Bonchev–Trinajstić information content (AvgIpc) is 2.77. The molecule has 4 rings (SSSR count). The molecule has 0 saturated heterocycles. The molecule has 0 fully saturated rings. The minimum Gasteiger partial charge on any atom is -0.508 e. The summed E-state index contributed by atoms with van der Waals surface area (Å²) in [5.41, 5.74) is 4.59. The number of ether oxygens (including phenoxy) is 3. The first kappa shape index (κ1) is 23.7. The minimum absolute atomic E-state index is 0.182. The van der Waals surface area contributed by atoms with E-state index in [1.54, 1.807) is 26.4 Å². The number of fused-ring (bicyclic) bond motifs is 1. The Morgan fingerprint density at radius 1 is 0.848 bits per heavy atom. The summed E-state index contributed by atoms with van der Waals surface area (Å²) in [5, 5.41) is 17.4. The summed E-state index contributed by atoms with van der Waals surface area (Å²) in [4.78, 5) is 9.00. The molecule has 1 heterocycles. The number of rotatable bonds is 4. The first-order valence-electron chi connectivity index (χ1n) is 10.4. The predicted octanol–water partition coefficient (Wildman–Crippen LogP) is 5.63. The van der Waals surface area contributed by atoms with E-state index < -0.39 is 11.6 Å². The van der Waals surface area contributed by atoms with Crippen molar-refractivity contribution >= 4 is 17.1 Å². The van der Waals surface area contributed by atoms with Gasteiger partial charge in [-0.1, -0.05) is 24.3 Å². The number of hydrogen-bond acceptors (Lipinski definition) is 5. The quantitative estimate of drug-likeness (QED) is 0.538. The van der Waals surface area contributed by atoms with E-state index in [1.165, 1.54) is 0 Å². The zero-order valence-electron chi connectivity index (χ0n) is 19.4. The molecule has 3 aromatic rings. The fourth-order valence-electron chi connectivity index (χ4n) is 3.87. The summed E-state index contributed by atoms with van der Waals surface area (Å²) in [6, 6.07) is 21.3. The maximum Gasteiger partial charge on any atom is 0.300 e. The van der Waals surface area contributed by atoms with Crippen molar-refractivity contribution in [2.24, 2.45) is 0 Å². The Morgan fingerprint density at radius 3 is 1.82 bits per heavy atom. The molecule has 0 bridgehead atoms. The van der Waals surface area contributed by atoms with Crippen LogP contribution < -0.4 is 14.2 Å². The predicted molar refractivity (Wildman–Crippen MR) is 128 cm³/mol. The molecule has 0 radical (unpaired) electrons. The molecule has 33 heavy (non-hydrogen) atoms. The van der Waals surface area contributed by atoms with E-state index in [1.807, 2.05) is 56.3 Å². The topological polar surface area (TPSA) is 85.2 Å². The third-order valence-electron chi connectivity index (χ3n) is 5.21. The van der Waals surface area contributed by atoms with Gasteiger partial charge < -0.3 is 24.4 Å². The van der Waals surface area contributed by atoms with Crippen molar-refractivity contribution < 1.29 is 29.2 Å². The molecule has 0 amide bonds. The Hall–Kier alpha value is -3.93. The van der Waals surface area contributed by atoms with Crippen molar-refractivity contribution in [3.05, 3.63) is 83.4 Å². The zero-order valence-corrected chi connectivity index (χ0v) is 19.4. The molecular weight excluding hydrogens is 420 g/mol. The smallest absolute Gasteiger partial charge is 0.300 e. The molecule has 0 unspecified atom stereocenters. The van der Waals surface area contributed by atoms with E-state index in [9.17, 15) is 5.11 Å². The molecule has 0 saturated carbocycles. The SMILES string of the molecule is CC(=O)O.COc1ccc(C2=C(c3ccc(OC)cc3)C(C)(C)Oc3cc(O)ccc32)cc1. The largest absolute Gasteiger partial charge is 0.508 e. The van der Waals surface area contributed by atoms with Crippen molar-refractivity contribution in [2.75, 3.05) is 14.2 Å². The van der Waals surface area contributed by atoms with Gasteiger partial charge in [-0.3, -0.25) is 4.79 Å². The van der Waals surface area contributed by atoms with Gasteiger partial charge in [0, 0.05) is 29.7 Å². The lowest BCUT2D eigenvalue weighted by Crippen LogP contribution is -2.34. The highest BCUT2D eigenvalue weighted by molar-refractivity contribution is 6.04. The molecule has 6 heteroatoms. The lowest BCUT2D eigenvalue weighted by atomic mass is 9.79. The van der Waals surface area contributed by atoms with Crippen LogP contribution in [0.25, 0.3) is 11.1 Å². The highest BCUT2D eigenvalue weighted by Gasteiger charge is 2.36. The molecule has 3 aromatic carbocycles. The van der Waals surface area contributed by atoms with Gasteiger partial charge in [0.05, 0.1) is 14.2 Å². The van der Waals surface area contributed by atoms with Gasteiger partial charge in [0.15, 0.2) is 0 Å². The molecule has 1 aliphatic rings. The van der Waals surface area contributed by atoms with Crippen LogP contribution in [0.1, 0.15) is 37.5 Å². The maximum atomic E-state index is 10.00. The van der Waals surface area contributed by atoms with E-state index in [0.717, 1.165) is 46.3 Å². The normalized spacial score (nSPS) is 13.7. The van der Waals surface area contributed by atoms with Crippen LogP contribution >= 0.6 is 0 Å². The van der Waals surface area contributed by atoms with Gasteiger partial charge in [0.1, 0.15) is 28.6 Å². The molecular formula is C27H28O6. The first-order chi connectivity index (χ1) is 15.7. The Balaban J connectivity index is 0.000000709. The van der Waals surface area contributed by atoms with Crippen LogP contribution in [0.5, 0.6) is 23.0 Å². The molecule has 0 spiro atoms. The van der Waals surface area contributed by atoms with Crippen LogP contribution in [0.15, 0.2) is 66.7 Å². The number of carboxylic acid groups (broad SMARTS) is 1. The second-order valence-corrected chi connectivity index (χ2v) is 8.02. The second-order valence-electron chi connectivity index (χ2n) is 8.02. The molecule has 0 aliphatic carbocycles. The van der Waals surface area contributed by atoms with Crippen LogP contribution in [0.2, 0.25) is 0 Å². The Labute approximate surface area is 193 Å². The van der Waals surface area contributed by atoms with E-state index in [2.05, 4.69) is 12.1 Å². The number of carboxylic acids is 1. The van der Waals surface area contributed by atoms with Crippen LogP contribution in [0, 0.1) is 0 Å².